The van der Waals surface area contributed by atoms with Gasteiger partial charge in [-0.2, -0.15) is 5.10 Å². The van der Waals surface area contributed by atoms with Gasteiger partial charge in [-0.25, -0.2) is 9.07 Å². The van der Waals surface area contributed by atoms with Crippen LogP contribution in [0.1, 0.15) is 36.3 Å². The fourth-order valence-corrected chi connectivity index (χ4v) is 3.51. The lowest BCUT2D eigenvalue weighted by Crippen LogP contribution is -2.40. The van der Waals surface area contributed by atoms with Crippen LogP contribution in [0.5, 0.6) is 0 Å². The van der Waals surface area contributed by atoms with E-state index in [0.717, 1.165) is 0 Å². The van der Waals surface area contributed by atoms with Gasteiger partial charge in [0, 0.05) is 19.3 Å². The maximum Gasteiger partial charge on any atom is 0.311 e. The summed E-state index contributed by atoms with van der Waals surface area (Å²) < 4.78 is 14.8. The highest BCUT2D eigenvalue weighted by Crippen LogP contribution is 2.38. The molecule has 0 bridgehead atoms. The van der Waals surface area contributed by atoms with E-state index in [-0.39, 0.29) is 29.9 Å². The Hall–Kier alpha value is -2.70. The van der Waals surface area contributed by atoms with Crippen molar-refractivity contribution in [3.05, 3.63) is 47.5 Å². The molecule has 2 heterocycles. The maximum atomic E-state index is 13.3. The average molecular weight is 359 g/mol. The topological polar surface area (TPSA) is 75.4 Å². The Morgan fingerprint density at radius 3 is 2.62 bits per heavy atom. The van der Waals surface area contributed by atoms with E-state index in [0.29, 0.717) is 24.2 Å². The highest BCUT2D eigenvalue weighted by atomic mass is 19.1. The SMILES string of the molecule is Cc1cc(F)ccc1-n1ccc(C(=O)N2CCC(C(=O)O)(C(C)C)C2)n1. The molecule has 1 atom stereocenters. The third-order valence-corrected chi connectivity index (χ3v) is 5.33. The van der Waals surface area contributed by atoms with Crippen molar-refractivity contribution < 1.29 is 19.1 Å². The summed E-state index contributed by atoms with van der Waals surface area (Å²) in [5, 5.41) is 13.9. The zero-order valence-corrected chi connectivity index (χ0v) is 15.1. The lowest BCUT2D eigenvalue weighted by atomic mass is 9.76. The van der Waals surface area contributed by atoms with Gasteiger partial charge < -0.3 is 10.0 Å². The van der Waals surface area contributed by atoms with Crippen molar-refractivity contribution in [1.29, 1.82) is 0 Å². The molecule has 26 heavy (non-hydrogen) atoms. The summed E-state index contributed by atoms with van der Waals surface area (Å²) >= 11 is 0. The number of hydrogen-bond donors (Lipinski definition) is 1. The number of aromatic nitrogens is 2. The zero-order valence-electron chi connectivity index (χ0n) is 15.1. The van der Waals surface area contributed by atoms with Crippen LogP contribution in [0.2, 0.25) is 0 Å². The van der Waals surface area contributed by atoms with Crippen LogP contribution in [0.3, 0.4) is 0 Å². The summed E-state index contributed by atoms with van der Waals surface area (Å²) in [4.78, 5) is 26.1. The Labute approximate surface area is 151 Å². The molecule has 1 aromatic carbocycles. The lowest BCUT2D eigenvalue weighted by Gasteiger charge is -2.28. The number of aliphatic carboxylic acids is 1. The van der Waals surface area contributed by atoms with E-state index in [2.05, 4.69) is 5.10 Å². The van der Waals surface area contributed by atoms with Crippen LogP contribution in [0.4, 0.5) is 4.39 Å². The van der Waals surface area contributed by atoms with Crippen LogP contribution >= 0.6 is 0 Å². The molecular weight excluding hydrogens is 337 g/mol. The van der Waals surface area contributed by atoms with Gasteiger partial charge in [0.25, 0.3) is 5.91 Å². The number of carbonyl (C=O) groups excluding carboxylic acids is 1. The molecule has 1 aromatic heterocycles. The van der Waals surface area contributed by atoms with Gasteiger partial charge in [0.05, 0.1) is 11.1 Å². The van der Waals surface area contributed by atoms with E-state index < -0.39 is 11.4 Å². The summed E-state index contributed by atoms with van der Waals surface area (Å²) in [5.74, 6) is -1.55. The molecule has 138 valence electrons. The first-order valence-electron chi connectivity index (χ1n) is 8.59. The number of carboxylic acids is 1. The Morgan fingerprint density at radius 1 is 1.31 bits per heavy atom. The van der Waals surface area contributed by atoms with Gasteiger partial charge in [-0.1, -0.05) is 13.8 Å². The number of likely N-dealkylation sites (tertiary alicyclic amines) is 1. The van der Waals surface area contributed by atoms with Crippen molar-refractivity contribution in [1.82, 2.24) is 14.7 Å². The number of halogens is 1. The molecule has 1 unspecified atom stereocenters. The summed E-state index contributed by atoms with van der Waals surface area (Å²) in [6.45, 7) is 6.08. The van der Waals surface area contributed by atoms with Crippen molar-refractivity contribution in [3.63, 3.8) is 0 Å². The number of aryl methyl sites for hydroxylation is 1. The molecule has 2 aromatic rings. The first-order chi connectivity index (χ1) is 12.2. The Morgan fingerprint density at radius 2 is 2.04 bits per heavy atom. The summed E-state index contributed by atoms with van der Waals surface area (Å²) in [6.07, 6.45) is 2.08. The Kier molecular flexibility index (Phi) is 4.56. The van der Waals surface area contributed by atoms with Gasteiger partial charge in [0.1, 0.15) is 5.82 Å². The second-order valence-electron chi connectivity index (χ2n) is 7.17. The van der Waals surface area contributed by atoms with Crippen molar-refractivity contribution in [2.75, 3.05) is 13.1 Å². The van der Waals surface area contributed by atoms with Crippen LogP contribution in [-0.2, 0) is 4.79 Å². The van der Waals surface area contributed by atoms with Crippen LogP contribution in [0.25, 0.3) is 5.69 Å². The molecule has 6 nitrogen and oxygen atoms in total. The van der Waals surface area contributed by atoms with Crippen molar-refractivity contribution in [2.24, 2.45) is 11.3 Å². The zero-order chi connectivity index (χ0) is 19.1. The minimum Gasteiger partial charge on any atom is -0.481 e. The van der Waals surface area contributed by atoms with E-state index in [4.69, 9.17) is 0 Å². The molecule has 1 saturated heterocycles. The smallest absolute Gasteiger partial charge is 0.311 e. The minimum atomic E-state index is -0.911. The van der Waals surface area contributed by atoms with Gasteiger partial charge in [0.2, 0.25) is 0 Å². The van der Waals surface area contributed by atoms with E-state index in [1.807, 2.05) is 13.8 Å². The first-order valence-corrected chi connectivity index (χ1v) is 8.59. The first kappa shape index (κ1) is 18.1. The highest BCUT2D eigenvalue weighted by Gasteiger charge is 2.48. The largest absolute Gasteiger partial charge is 0.481 e. The minimum absolute atomic E-state index is 0.0720. The third kappa shape index (κ3) is 2.98. The second kappa shape index (κ2) is 6.55. The van der Waals surface area contributed by atoms with E-state index in [9.17, 15) is 19.1 Å². The Bertz CT molecular complexity index is 861. The second-order valence-corrected chi connectivity index (χ2v) is 7.17. The molecule has 0 saturated carbocycles. The van der Waals surface area contributed by atoms with Gasteiger partial charge in [-0.05, 0) is 49.1 Å². The van der Waals surface area contributed by atoms with E-state index >= 15 is 0 Å². The Balaban J connectivity index is 1.82. The van der Waals surface area contributed by atoms with Crippen molar-refractivity contribution in [2.45, 2.75) is 27.2 Å². The van der Waals surface area contributed by atoms with Crippen LogP contribution < -0.4 is 0 Å². The molecule has 0 radical (unpaired) electrons. The average Bonchev–Trinajstić information content (AvgIpc) is 3.22. The number of nitrogens with zero attached hydrogens (tertiary/aromatic N) is 3. The van der Waals surface area contributed by atoms with Gasteiger partial charge in [0.15, 0.2) is 5.69 Å². The number of hydrogen-bond acceptors (Lipinski definition) is 3. The monoisotopic (exact) mass is 359 g/mol. The predicted octanol–water partition coefficient (Wildman–Crippen LogP) is 2.89. The standard InChI is InChI=1S/C19H22FN3O3/c1-12(2)19(18(25)26)7-9-22(11-19)17(24)15-6-8-23(21-15)16-5-4-14(20)10-13(16)3/h4-6,8,10,12H,7,9,11H2,1-3H3,(H,25,26). The summed E-state index contributed by atoms with van der Waals surface area (Å²) in [6, 6.07) is 5.95. The summed E-state index contributed by atoms with van der Waals surface area (Å²) in [5.41, 5.74) is 0.733. The third-order valence-electron chi connectivity index (χ3n) is 5.33. The highest BCUT2D eigenvalue weighted by molar-refractivity contribution is 5.93. The molecule has 7 heteroatoms. The molecule has 1 aliphatic heterocycles. The van der Waals surface area contributed by atoms with Crippen LogP contribution in [0.15, 0.2) is 30.5 Å². The van der Waals surface area contributed by atoms with Gasteiger partial charge >= 0.3 is 5.97 Å². The molecule has 1 N–H and O–H groups in total. The molecule has 0 spiro atoms. The summed E-state index contributed by atoms with van der Waals surface area (Å²) in [7, 11) is 0. The fourth-order valence-electron chi connectivity index (χ4n) is 3.51. The fraction of sp³-hybridized carbons (Fsp3) is 0.421. The molecule has 3 rings (SSSR count). The van der Waals surface area contributed by atoms with E-state index in [1.54, 1.807) is 30.2 Å². The number of carbonyl (C=O) groups is 2. The number of amides is 1. The molecule has 1 fully saturated rings. The normalized spacial score (nSPS) is 20.0. The van der Waals surface area contributed by atoms with E-state index in [1.165, 1.54) is 16.8 Å². The van der Waals surface area contributed by atoms with Crippen molar-refractivity contribution >= 4 is 11.9 Å². The van der Waals surface area contributed by atoms with Crippen LogP contribution in [0, 0.1) is 24.1 Å². The number of carboxylic acid groups (broad SMARTS) is 1. The van der Waals surface area contributed by atoms with Gasteiger partial charge in [-0.3, -0.25) is 9.59 Å². The number of rotatable bonds is 4. The lowest BCUT2D eigenvalue weighted by molar-refractivity contribution is -0.150. The molecule has 0 aliphatic carbocycles. The molecule has 1 amide bonds. The molecular formula is C19H22FN3O3. The predicted molar refractivity (Wildman–Crippen MR) is 93.7 cm³/mol. The maximum absolute atomic E-state index is 13.3. The van der Waals surface area contributed by atoms with Crippen LogP contribution in [-0.4, -0.2) is 44.8 Å². The molecule has 1 aliphatic rings. The number of benzene rings is 1. The van der Waals surface area contributed by atoms with Gasteiger partial charge in [-0.15, -0.1) is 0 Å². The quantitative estimate of drug-likeness (QED) is 0.911. The van der Waals surface area contributed by atoms with Crippen molar-refractivity contribution in [3.8, 4) is 5.69 Å².